The van der Waals surface area contributed by atoms with Crippen molar-refractivity contribution >= 4 is 0 Å². The Morgan fingerprint density at radius 2 is 2.20 bits per heavy atom. The molecular formula is C13H27NO. The Bertz CT molecular complexity index is 172. The van der Waals surface area contributed by atoms with Gasteiger partial charge in [-0.25, -0.2) is 0 Å². The fourth-order valence-corrected chi connectivity index (χ4v) is 2.83. The van der Waals surface area contributed by atoms with Crippen molar-refractivity contribution in [2.24, 2.45) is 11.8 Å². The molecule has 1 N–H and O–H groups in total. The van der Waals surface area contributed by atoms with E-state index >= 15 is 0 Å². The van der Waals surface area contributed by atoms with Crippen LogP contribution in [0.5, 0.6) is 0 Å². The van der Waals surface area contributed by atoms with Crippen LogP contribution in [0.4, 0.5) is 0 Å². The molecule has 1 aliphatic heterocycles. The van der Waals surface area contributed by atoms with Gasteiger partial charge in [-0.1, -0.05) is 26.7 Å². The molecule has 1 rings (SSSR count). The second-order valence-corrected chi connectivity index (χ2v) is 5.05. The van der Waals surface area contributed by atoms with Gasteiger partial charge < -0.3 is 10.1 Å². The zero-order valence-electron chi connectivity index (χ0n) is 10.8. The summed E-state index contributed by atoms with van der Waals surface area (Å²) >= 11 is 0. The monoisotopic (exact) mass is 213 g/mol. The molecule has 0 spiro atoms. The van der Waals surface area contributed by atoms with E-state index in [2.05, 4.69) is 33.1 Å². The molecule has 0 radical (unpaired) electrons. The van der Waals surface area contributed by atoms with E-state index < -0.39 is 0 Å². The Balaban J connectivity index is 2.40. The summed E-state index contributed by atoms with van der Waals surface area (Å²) in [6.07, 6.45) is 5.61. The van der Waals surface area contributed by atoms with Crippen molar-refractivity contribution in [1.82, 2.24) is 5.32 Å². The summed E-state index contributed by atoms with van der Waals surface area (Å²) in [4.78, 5) is 0. The average Bonchev–Trinajstić information content (AvgIpc) is 2.61. The van der Waals surface area contributed by atoms with Gasteiger partial charge in [0.1, 0.15) is 0 Å². The van der Waals surface area contributed by atoms with E-state index in [1.807, 2.05) is 0 Å². The lowest BCUT2D eigenvalue weighted by molar-refractivity contribution is 0.0931. The van der Waals surface area contributed by atoms with Gasteiger partial charge >= 0.3 is 0 Å². The lowest BCUT2D eigenvalue weighted by Gasteiger charge is -2.27. The van der Waals surface area contributed by atoms with Gasteiger partial charge in [0, 0.05) is 18.6 Å². The fraction of sp³-hybridized carbons (Fsp3) is 1.00. The maximum Gasteiger partial charge on any atom is 0.0590 e. The SMILES string of the molecule is CCCC(C)CC(NC)C1CCOC1C. The van der Waals surface area contributed by atoms with Gasteiger partial charge in [-0.3, -0.25) is 0 Å². The van der Waals surface area contributed by atoms with Gasteiger partial charge in [-0.05, 0) is 32.7 Å². The van der Waals surface area contributed by atoms with Gasteiger partial charge in [0.05, 0.1) is 6.10 Å². The van der Waals surface area contributed by atoms with Crippen LogP contribution in [0.3, 0.4) is 0 Å². The van der Waals surface area contributed by atoms with E-state index in [0.29, 0.717) is 18.1 Å². The highest BCUT2D eigenvalue weighted by molar-refractivity contribution is 4.84. The van der Waals surface area contributed by atoms with Crippen LogP contribution in [-0.4, -0.2) is 25.8 Å². The van der Waals surface area contributed by atoms with E-state index in [0.717, 1.165) is 12.5 Å². The highest BCUT2D eigenvalue weighted by atomic mass is 16.5. The molecule has 2 heteroatoms. The van der Waals surface area contributed by atoms with Gasteiger partial charge in [0.25, 0.3) is 0 Å². The highest BCUT2D eigenvalue weighted by Gasteiger charge is 2.31. The largest absolute Gasteiger partial charge is 0.378 e. The molecule has 1 fully saturated rings. The van der Waals surface area contributed by atoms with E-state index in [-0.39, 0.29) is 0 Å². The Hall–Kier alpha value is -0.0800. The molecule has 0 saturated carbocycles. The van der Waals surface area contributed by atoms with Crippen molar-refractivity contribution in [2.75, 3.05) is 13.7 Å². The second-order valence-electron chi connectivity index (χ2n) is 5.05. The summed E-state index contributed by atoms with van der Waals surface area (Å²) < 4.78 is 5.65. The zero-order chi connectivity index (χ0) is 11.3. The Morgan fingerprint density at radius 3 is 2.67 bits per heavy atom. The molecule has 0 aromatic heterocycles. The third-order valence-corrected chi connectivity index (χ3v) is 3.76. The minimum absolute atomic E-state index is 0.441. The van der Waals surface area contributed by atoms with Crippen LogP contribution in [0.25, 0.3) is 0 Å². The Morgan fingerprint density at radius 1 is 1.47 bits per heavy atom. The first-order valence-electron chi connectivity index (χ1n) is 6.47. The minimum atomic E-state index is 0.441. The normalized spacial score (nSPS) is 30.4. The molecule has 0 bridgehead atoms. The molecule has 0 aromatic carbocycles. The Labute approximate surface area is 94.8 Å². The second kappa shape index (κ2) is 6.49. The summed E-state index contributed by atoms with van der Waals surface area (Å²) in [6, 6.07) is 0.643. The highest BCUT2D eigenvalue weighted by Crippen LogP contribution is 2.28. The number of hydrogen-bond acceptors (Lipinski definition) is 2. The number of nitrogens with one attached hydrogen (secondary N) is 1. The molecule has 4 atom stereocenters. The third kappa shape index (κ3) is 3.76. The number of hydrogen-bond donors (Lipinski definition) is 1. The standard InChI is InChI=1S/C13H27NO/c1-5-6-10(2)9-13(14-4)12-7-8-15-11(12)3/h10-14H,5-9H2,1-4H3. The lowest BCUT2D eigenvalue weighted by atomic mass is 9.86. The molecule has 90 valence electrons. The van der Waals surface area contributed by atoms with Crippen molar-refractivity contribution < 1.29 is 4.74 Å². The van der Waals surface area contributed by atoms with E-state index in [4.69, 9.17) is 4.74 Å². The van der Waals surface area contributed by atoms with Crippen molar-refractivity contribution in [1.29, 1.82) is 0 Å². The van der Waals surface area contributed by atoms with Crippen LogP contribution < -0.4 is 5.32 Å². The summed E-state index contributed by atoms with van der Waals surface area (Å²) in [7, 11) is 2.09. The molecule has 1 heterocycles. The first-order valence-corrected chi connectivity index (χ1v) is 6.47. The van der Waals surface area contributed by atoms with Crippen LogP contribution in [0.15, 0.2) is 0 Å². The first-order chi connectivity index (χ1) is 7.19. The number of rotatable bonds is 6. The maximum absolute atomic E-state index is 5.65. The average molecular weight is 213 g/mol. The molecule has 1 aliphatic rings. The number of ether oxygens (including phenoxy) is 1. The molecule has 4 unspecified atom stereocenters. The van der Waals surface area contributed by atoms with Crippen molar-refractivity contribution in [2.45, 2.75) is 58.6 Å². The van der Waals surface area contributed by atoms with Crippen LogP contribution in [-0.2, 0) is 4.74 Å². The molecule has 0 aromatic rings. The molecule has 2 nitrogen and oxygen atoms in total. The summed E-state index contributed by atoms with van der Waals surface area (Å²) in [5.41, 5.74) is 0. The first kappa shape index (κ1) is 13.0. The van der Waals surface area contributed by atoms with Gasteiger partial charge in [0.15, 0.2) is 0 Å². The zero-order valence-corrected chi connectivity index (χ0v) is 10.8. The third-order valence-electron chi connectivity index (χ3n) is 3.76. The molecule has 1 saturated heterocycles. The van der Waals surface area contributed by atoms with Crippen molar-refractivity contribution in [3.05, 3.63) is 0 Å². The summed E-state index contributed by atoms with van der Waals surface area (Å²) in [5, 5.41) is 3.48. The summed E-state index contributed by atoms with van der Waals surface area (Å²) in [5.74, 6) is 1.55. The van der Waals surface area contributed by atoms with Crippen LogP contribution in [0.1, 0.15) is 46.5 Å². The van der Waals surface area contributed by atoms with Gasteiger partial charge in [-0.15, -0.1) is 0 Å². The molecule has 0 amide bonds. The smallest absolute Gasteiger partial charge is 0.0590 e. The van der Waals surface area contributed by atoms with Crippen LogP contribution in [0.2, 0.25) is 0 Å². The molecular weight excluding hydrogens is 186 g/mol. The van der Waals surface area contributed by atoms with E-state index in [1.165, 1.54) is 25.7 Å². The van der Waals surface area contributed by atoms with Gasteiger partial charge in [0.2, 0.25) is 0 Å². The minimum Gasteiger partial charge on any atom is -0.378 e. The van der Waals surface area contributed by atoms with E-state index in [1.54, 1.807) is 0 Å². The predicted molar refractivity (Wildman–Crippen MR) is 65.1 cm³/mol. The van der Waals surface area contributed by atoms with Crippen LogP contribution in [0, 0.1) is 11.8 Å². The predicted octanol–water partition coefficient (Wildman–Crippen LogP) is 2.83. The van der Waals surface area contributed by atoms with Crippen molar-refractivity contribution in [3.8, 4) is 0 Å². The van der Waals surface area contributed by atoms with Crippen LogP contribution >= 0.6 is 0 Å². The fourth-order valence-electron chi connectivity index (χ4n) is 2.83. The maximum atomic E-state index is 5.65. The topological polar surface area (TPSA) is 21.3 Å². The van der Waals surface area contributed by atoms with E-state index in [9.17, 15) is 0 Å². The lowest BCUT2D eigenvalue weighted by Crippen LogP contribution is -2.38. The van der Waals surface area contributed by atoms with Gasteiger partial charge in [-0.2, -0.15) is 0 Å². The molecule has 0 aliphatic carbocycles. The quantitative estimate of drug-likeness (QED) is 0.732. The Kier molecular flexibility index (Phi) is 5.62. The molecule has 15 heavy (non-hydrogen) atoms. The summed E-state index contributed by atoms with van der Waals surface area (Å²) in [6.45, 7) is 7.80. The van der Waals surface area contributed by atoms with Crippen molar-refractivity contribution in [3.63, 3.8) is 0 Å².